The molecule has 2 fully saturated rings. The summed E-state index contributed by atoms with van der Waals surface area (Å²) in [6.45, 7) is 2.03. The first kappa shape index (κ1) is 18.4. The summed E-state index contributed by atoms with van der Waals surface area (Å²) in [4.78, 5) is 12.0. The maximum atomic E-state index is 12.0. The highest BCUT2D eigenvalue weighted by molar-refractivity contribution is 7.23. The number of Topliss-reactive ketones (excluding diaryl/α,β-unsaturated/α-hetero) is 1. The standard InChI is InChI=1S/C20H29O2P/c1-19(11-5-3-9-18(19)22)10-4-2-8-17(21)16-20(12-6-13-20)14-7-15-23/h2,4,8,10,17,21H,3,5-6,9,11-14,16,23H2,1H3/b8-2+,10-4+/t17?,19-/m1/s1. The first-order valence-electron chi connectivity index (χ1n) is 8.76. The molecule has 0 saturated heterocycles. The SMILES string of the molecule is C[C@@]1(/C=C/C=C/C(O)CC2(CC#CP)CCC2)CCCCC1=O. The summed E-state index contributed by atoms with van der Waals surface area (Å²) in [6, 6.07) is 0. The van der Waals surface area contributed by atoms with Crippen molar-refractivity contribution in [2.45, 2.75) is 70.8 Å². The summed E-state index contributed by atoms with van der Waals surface area (Å²) < 4.78 is 0. The van der Waals surface area contributed by atoms with Gasteiger partial charge in [0.1, 0.15) is 5.78 Å². The highest BCUT2D eigenvalue weighted by Gasteiger charge is 2.37. The third kappa shape index (κ3) is 5.03. The van der Waals surface area contributed by atoms with Crippen LogP contribution in [0.4, 0.5) is 0 Å². The van der Waals surface area contributed by atoms with Crippen molar-refractivity contribution in [1.29, 1.82) is 0 Å². The van der Waals surface area contributed by atoms with Crippen LogP contribution in [0, 0.1) is 22.4 Å². The molecule has 2 rings (SSSR count). The quantitative estimate of drug-likeness (QED) is 0.445. The molecule has 2 aliphatic rings. The molecule has 3 heteroatoms. The van der Waals surface area contributed by atoms with Crippen LogP contribution in [0.1, 0.15) is 64.7 Å². The van der Waals surface area contributed by atoms with Crippen LogP contribution < -0.4 is 0 Å². The summed E-state index contributed by atoms with van der Waals surface area (Å²) in [5.74, 6) is 3.49. The number of carbonyl (C=O) groups excluding carboxylic acids is 1. The summed E-state index contributed by atoms with van der Waals surface area (Å²) in [7, 11) is 2.44. The second-order valence-corrected chi connectivity index (χ2v) is 7.70. The van der Waals surface area contributed by atoms with Crippen molar-refractivity contribution in [2.24, 2.45) is 10.8 Å². The summed E-state index contributed by atoms with van der Waals surface area (Å²) in [6.07, 6.45) is 16.3. The molecule has 2 nitrogen and oxygen atoms in total. The van der Waals surface area contributed by atoms with Crippen molar-refractivity contribution in [3.8, 4) is 11.6 Å². The van der Waals surface area contributed by atoms with Crippen LogP contribution in [-0.2, 0) is 4.79 Å². The minimum absolute atomic E-state index is 0.211. The summed E-state index contributed by atoms with van der Waals surface area (Å²) in [5.41, 5.74) is 2.79. The maximum absolute atomic E-state index is 12.0. The van der Waals surface area contributed by atoms with Gasteiger partial charge in [0.15, 0.2) is 0 Å². The van der Waals surface area contributed by atoms with Gasteiger partial charge in [0, 0.05) is 18.3 Å². The Hall–Kier alpha value is -0.900. The molecule has 0 spiro atoms. The van der Waals surface area contributed by atoms with Crippen LogP contribution in [0.2, 0.25) is 0 Å². The number of aliphatic hydroxyl groups is 1. The van der Waals surface area contributed by atoms with Gasteiger partial charge in [0.2, 0.25) is 0 Å². The fourth-order valence-electron chi connectivity index (χ4n) is 3.72. The molecule has 2 aliphatic carbocycles. The lowest BCUT2D eigenvalue weighted by atomic mass is 9.64. The molecule has 0 aromatic rings. The van der Waals surface area contributed by atoms with Crippen molar-refractivity contribution in [1.82, 2.24) is 0 Å². The second-order valence-electron chi connectivity index (χ2n) is 7.41. The zero-order valence-corrected chi connectivity index (χ0v) is 15.3. The van der Waals surface area contributed by atoms with E-state index in [-0.39, 0.29) is 10.8 Å². The number of rotatable bonds is 6. The van der Waals surface area contributed by atoms with Gasteiger partial charge in [-0.25, -0.2) is 0 Å². The third-order valence-electron chi connectivity index (χ3n) is 5.52. The van der Waals surface area contributed by atoms with Gasteiger partial charge in [-0.3, -0.25) is 4.79 Å². The fraction of sp³-hybridized carbons (Fsp3) is 0.650. The number of carbonyl (C=O) groups is 1. The van der Waals surface area contributed by atoms with Crippen molar-refractivity contribution in [3.63, 3.8) is 0 Å². The van der Waals surface area contributed by atoms with Gasteiger partial charge < -0.3 is 5.11 Å². The highest BCUT2D eigenvalue weighted by Crippen LogP contribution is 2.47. The second kappa shape index (κ2) is 8.27. The third-order valence-corrected chi connectivity index (χ3v) is 5.72. The monoisotopic (exact) mass is 332 g/mol. The van der Waals surface area contributed by atoms with Crippen molar-refractivity contribution in [3.05, 3.63) is 24.3 Å². The maximum Gasteiger partial charge on any atom is 0.142 e. The molecule has 0 amide bonds. The van der Waals surface area contributed by atoms with E-state index in [1.54, 1.807) is 0 Å². The van der Waals surface area contributed by atoms with Crippen LogP contribution in [0.3, 0.4) is 0 Å². The van der Waals surface area contributed by atoms with E-state index < -0.39 is 6.10 Å². The predicted octanol–water partition coefficient (Wildman–Crippen LogP) is 4.40. The minimum Gasteiger partial charge on any atom is -0.389 e. The van der Waals surface area contributed by atoms with Crippen LogP contribution in [0.5, 0.6) is 0 Å². The van der Waals surface area contributed by atoms with E-state index in [0.29, 0.717) is 12.2 Å². The van der Waals surface area contributed by atoms with E-state index in [1.165, 1.54) is 19.3 Å². The van der Waals surface area contributed by atoms with E-state index in [4.69, 9.17) is 0 Å². The van der Waals surface area contributed by atoms with Crippen molar-refractivity contribution >= 4 is 15.0 Å². The molecule has 3 atom stereocenters. The van der Waals surface area contributed by atoms with Gasteiger partial charge in [0.05, 0.1) is 6.10 Å². The van der Waals surface area contributed by atoms with Gasteiger partial charge in [-0.15, -0.1) is 0 Å². The number of hydrogen-bond acceptors (Lipinski definition) is 2. The lowest BCUT2D eigenvalue weighted by molar-refractivity contribution is -0.127. The Morgan fingerprint density at radius 2 is 2.04 bits per heavy atom. The molecule has 0 aromatic carbocycles. The number of hydrogen-bond donors (Lipinski definition) is 1. The van der Waals surface area contributed by atoms with E-state index >= 15 is 0 Å². The molecule has 23 heavy (non-hydrogen) atoms. The van der Waals surface area contributed by atoms with E-state index in [1.807, 2.05) is 31.2 Å². The van der Waals surface area contributed by atoms with Crippen LogP contribution in [-0.4, -0.2) is 17.0 Å². The Morgan fingerprint density at radius 3 is 2.65 bits per heavy atom. The molecule has 126 valence electrons. The van der Waals surface area contributed by atoms with Crippen molar-refractivity contribution < 1.29 is 9.90 Å². The van der Waals surface area contributed by atoms with E-state index in [9.17, 15) is 9.90 Å². The summed E-state index contributed by atoms with van der Waals surface area (Å²) in [5, 5.41) is 10.3. The Balaban J connectivity index is 1.85. The predicted molar refractivity (Wildman–Crippen MR) is 98.9 cm³/mol. The van der Waals surface area contributed by atoms with Crippen LogP contribution >= 0.6 is 9.24 Å². The smallest absolute Gasteiger partial charge is 0.142 e. The largest absolute Gasteiger partial charge is 0.389 e. The van der Waals surface area contributed by atoms with Crippen molar-refractivity contribution in [2.75, 3.05) is 0 Å². The lowest BCUT2D eigenvalue weighted by Gasteiger charge is -2.41. The van der Waals surface area contributed by atoms with Gasteiger partial charge in [-0.05, 0) is 44.4 Å². The highest BCUT2D eigenvalue weighted by atomic mass is 31.0. The number of aliphatic hydroxyl groups excluding tert-OH is 1. The molecule has 0 radical (unpaired) electrons. The average Bonchev–Trinajstić information content (AvgIpc) is 2.49. The first-order chi connectivity index (χ1) is 11.0. The molecule has 2 unspecified atom stereocenters. The zero-order chi connectivity index (χ0) is 16.8. The van der Waals surface area contributed by atoms with Gasteiger partial charge in [-0.1, -0.05) is 58.0 Å². The van der Waals surface area contributed by atoms with Crippen LogP contribution in [0.25, 0.3) is 0 Å². The lowest BCUT2D eigenvalue weighted by Crippen LogP contribution is -2.32. The van der Waals surface area contributed by atoms with Crippen LogP contribution in [0.15, 0.2) is 24.3 Å². The Bertz CT molecular complexity index is 534. The molecule has 1 N–H and O–H groups in total. The fourth-order valence-corrected chi connectivity index (χ4v) is 3.82. The summed E-state index contributed by atoms with van der Waals surface area (Å²) >= 11 is 0. The molecule has 2 saturated carbocycles. The Kier molecular flexibility index (Phi) is 6.63. The zero-order valence-electron chi connectivity index (χ0n) is 14.2. The molecule has 0 aromatic heterocycles. The molecule has 0 bridgehead atoms. The van der Waals surface area contributed by atoms with Gasteiger partial charge >= 0.3 is 0 Å². The van der Waals surface area contributed by atoms with Gasteiger partial charge in [0.25, 0.3) is 0 Å². The van der Waals surface area contributed by atoms with E-state index in [2.05, 4.69) is 20.8 Å². The molecule has 0 heterocycles. The normalized spacial score (nSPS) is 28.4. The molecular weight excluding hydrogens is 303 g/mol. The van der Waals surface area contributed by atoms with E-state index in [0.717, 1.165) is 32.1 Å². The Labute approximate surface area is 143 Å². The van der Waals surface area contributed by atoms with Gasteiger partial charge in [-0.2, -0.15) is 0 Å². The molecular formula is C20H29O2P. The molecule has 0 aliphatic heterocycles. The minimum atomic E-state index is -0.430. The Morgan fingerprint density at radius 1 is 1.26 bits per heavy atom. The number of allylic oxidation sites excluding steroid dienone is 3. The first-order valence-corrected chi connectivity index (χ1v) is 9.33. The number of ketones is 1. The average molecular weight is 332 g/mol. The topological polar surface area (TPSA) is 37.3 Å².